The highest BCUT2D eigenvalue weighted by Gasteiger charge is 2.08. The maximum Gasteiger partial charge on any atom is 0.0466 e. The zero-order valence-corrected chi connectivity index (χ0v) is 13.1. The molecule has 0 saturated carbocycles. The molecule has 5 aromatic rings. The molecule has 2 aromatic heterocycles. The molecule has 0 saturated heterocycles. The Bertz CT molecular complexity index is 992. The molecule has 3 aromatic carbocycles. The lowest BCUT2D eigenvalue weighted by Gasteiger charge is -1.95. The molecule has 0 aliphatic heterocycles. The van der Waals surface area contributed by atoms with Crippen LogP contribution in [0.1, 0.15) is 0 Å². The van der Waals surface area contributed by atoms with E-state index < -0.39 is 0 Å². The molecule has 0 fully saturated rings. The van der Waals surface area contributed by atoms with E-state index in [-0.39, 0.29) is 0 Å². The molecule has 24 heavy (non-hydrogen) atoms. The van der Waals surface area contributed by atoms with Crippen LogP contribution in [0.25, 0.3) is 44.3 Å². The Morgan fingerprint density at radius 1 is 0.458 bits per heavy atom. The average molecular weight is 308 g/mol. The Kier molecular flexibility index (Phi) is 2.83. The van der Waals surface area contributed by atoms with Crippen LogP contribution in [0.4, 0.5) is 0 Å². The van der Waals surface area contributed by atoms with Crippen molar-refractivity contribution in [3.8, 4) is 22.5 Å². The highest BCUT2D eigenvalue weighted by atomic mass is 14.7. The zero-order chi connectivity index (χ0) is 15.9. The van der Waals surface area contributed by atoms with Crippen molar-refractivity contribution in [2.75, 3.05) is 0 Å². The normalized spacial score (nSPS) is 11.3. The van der Waals surface area contributed by atoms with Gasteiger partial charge in [0.2, 0.25) is 0 Å². The summed E-state index contributed by atoms with van der Waals surface area (Å²) in [4.78, 5) is 7.08. The predicted octanol–water partition coefficient (Wildman–Crippen LogP) is 5.98. The van der Waals surface area contributed by atoms with Crippen molar-refractivity contribution in [3.05, 3.63) is 84.9 Å². The fourth-order valence-corrected chi connectivity index (χ4v) is 3.31. The second-order valence-corrected chi connectivity index (χ2v) is 6.12. The Labute approximate surface area is 139 Å². The molecular weight excluding hydrogens is 292 g/mol. The van der Waals surface area contributed by atoms with Gasteiger partial charge in [0, 0.05) is 33.2 Å². The van der Waals surface area contributed by atoms with Crippen LogP contribution < -0.4 is 0 Å². The third kappa shape index (κ3) is 2.12. The molecule has 0 bridgehead atoms. The molecule has 2 N–H and O–H groups in total. The number of rotatable bonds is 2. The van der Waals surface area contributed by atoms with Crippen LogP contribution in [0, 0.1) is 0 Å². The second kappa shape index (κ2) is 5.14. The number of hydrogen-bond acceptors (Lipinski definition) is 0. The van der Waals surface area contributed by atoms with Crippen molar-refractivity contribution < 1.29 is 0 Å². The molecule has 114 valence electrons. The lowest BCUT2D eigenvalue weighted by Crippen LogP contribution is -1.74. The summed E-state index contributed by atoms with van der Waals surface area (Å²) in [6, 6.07) is 29.7. The van der Waals surface area contributed by atoms with E-state index in [4.69, 9.17) is 0 Å². The fraction of sp³-hybridized carbons (Fsp3) is 0. The van der Waals surface area contributed by atoms with Gasteiger partial charge in [-0.2, -0.15) is 0 Å². The molecular formula is C22H16N2. The van der Waals surface area contributed by atoms with E-state index in [0.717, 1.165) is 11.4 Å². The summed E-state index contributed by atoms with van der Waals surface area (Å²) < 4.78 is 0. The maximum absolute atomic E-state index is 3.54. The Morgan fingerprint density at radius 3 is 1.29 bits per heavy atom. The van der Waals surface area contributed by atoms with Crippen LogP contribution >= 0.6 is 0 Å². The maximum atomic E-state index is 3.54. The van der Waals surface area contributed by atoms with Gasteiger partial charge in [-0.25, -0.2) is 0 Å². The van der Waals surface area contributed by atoms with Crippen molar-refractivity contribution in [1.29, 1.82) is 0 Å². The van der Waals surface area contributed by atoms with Crippen LogP contribution in [0.15, 0.2) is 84.9 Å². The van der Waals surface area contributed by atoms with E-state index in [1.807, 2.05) is 12.1 Å². The third-order valence-electron chi connectivity index (χ3n) is 4.53. The summed E-state index contributed by atoms with van der Waals surface area (Å²) in [5.74, 6) is 0. The molecule has 0 radical (unpaired) electrons. The molecule has 0 unspecified atom stereocenters. The predicted molar refractivity (Wildman–Crippen MR) is 101 cm³/mol. The molecule has 2 heteroatoms. The van der Waals surface area contributed by atoms with Crippen molar-refractivity contribution >= 4 is 21.8 Å². The highest BCUT2D eigenvalue weighted by molar-refractivity contribution is 5.99. The molecule has 0 spiro atoms. The minimum absolute atomic E-state index is 1.15. The van der Waals surface area contributed by atoms with Gasteiger partial charge in [-0.05, 0) is 35.4 Å². The quantitative estimate of drug-likeness (QED) is 0.402. The summed E-state index contributed by atoms with van der Waals surface area (Å²) >= 11 is 0. The summed E-state index contributed by atoms with van der Waals surface area (Å²) in [5, 5.41) is 2.45. The first-order valence-electron chi connectivity index (χ1n) is 8.13. The number of aromatic nitrogens is 2. The Hall–Kier alpha value is -3.26. The number of benzene rings is 3. The Morgan fingerprint density at radius 2 is 0.875 bits per heavy atom. The Balaban J connectivity index is 1.65. The van der Waals surface area contributed by atoms with Crippen molar-refractivity contribution in [2.24, 2.45) is 0 Å². The third-order valence-corrected chi connectivity index (χ3v) is 4.53. The number of aromatic amines is 2. The molecule has 0 amide bonds. The van der Waals surface area contributed by atoms with Crippen molar-refractivity contribution in [1.82, 2.24) is 9.97 Å². The van der Waals surface area contributed by atoms with Gasteiger partial charge in [0.15, 0.2) is 0 Å². The van der Waals surface area contributed by atoms with Crippen molar-refractivity contribution in [3.63, 3.8) is 0 Å². The minimum Gasteiger partial charge on any atom is -0.355 e. The lowest BCUT2D eigenvalue weighted by molar-refractivity contribution is 1.45. The highest BCUT2D eigenvalue weighted by Crippen LogP contribution is 2.30. The van der Waals surface area contributed by atoms with Gasteiger partial charge in [0.05, 0.1) is 0 Å². The van der Waals surface area contributed by atoms with E-state index in [0.29, 0.717) is 0 Å². The molecule has 2 heterocycles. The molecule has 0 aliphatic rings. The van der Waals surface area contributed by atoms with Gasteiger partial charge in [0.25, 0.3) is 0 Å². The first-order valence-corrected chi connectivity index (χ1v) is 8.13. The number of fused-ring (bicyclic) bond motifs is 2. The van der Waals surface area contributed by atoms with Crippen LogP contribution in [-0.4, -0.2) is 9.97 Å². The van der Waals surface area contributed by atoms with Crippen molar-refractivity contribution in [2.45, 2.75) is 0 Å². The number of hydrogen-bond donors (Lipinski definition) is 2. The SMILES string of the molecule is c1ccc(-c2cc3cc4[nH]c(-c5ccccc5)cc4cc3[nH]2)cc1. The molecule has 2 nitrogen and oxygen atoms in total. The standard InChI is InChI=1S/C22H16N2/c1-3-7-15(8-4-1)19-11-17-13-22-18(14-21(17)23-19)12-20(24-22)16-9-5-2-6-10-16/h1-14,23-24H. The van der Waals surface area contributed by atoms with Crippen LogP contribution in [0.3, 0.4) is 0 Å². The second-order valence-electron chi connectivity index (χ2n) is 6.12. The molecule has 5 rings (SSSR count). The van der Waals surface area contributed by atoms with Gasteiger partial charge >= 0.3 is 0 Å². The van der Waals surface area contributed by atoms with Gasteiger partial charge in [-0.3, -0.25) is 0 Å². The van der Waals surface area contributed by atoms with E-state index >= 15 is 0 Å². The van der Waals surface area contributed by atoms with Gasteiger partial charge < -0.3 is 9.97 Å². The minimum atomic E-state index is 1.15. The molecule has 0 atom stereocenters. The van der Waals surface area contributed by atoms with E-state index in [2.05, 4.69) is 82.8 Å². The van der Waals surface area contributed by atoms with Crippen LogP contribution in [-0.2, 0) is 0 Å². The average Bonchev–Trinajstić information content (AvgIpc) is 3.24. The van der Waals surface area contributed by atoms with Gasteiger partial charge in [0.1, 0.15) is 0 Å². The first kappa shape index (κ1) is 13.2. The van der Waals surface area contributed by atoms with E-state index in [1.165, 1.54) is 32.9 Å². The lowest BCUT2D eigenvalue weighted by atomic mass is 10.1. The van der Waals surface area contributed by atoms with Gasteiger partial charge in [-0.15, -0.1) is 0 Å². The first-order chi connectivity index (χ1) is 11.9. The van der Waals surface area contributed by atoms with Crippen LogP contribution in [0.5, 0.6) is 0 Å². The summed E-state index contributed by atoms with van der Waals surface area (Å²) in [6.45, 7) is 0. The zero-order valence-electron chi connectivity index (χ0n) is 13.1. The summed E-state index contributed by atoms with van der Waals surface area (Å²) in [7, 11) is 0. The fourth-order valence-electron chi connectivity index (χ4n) is 3.31. The number of H-pyrrole nitrogens is 2. The van der Waals surface area contributed by atoms with E-state index in [9.17, 15) is 0 Å². The van der Waals surface area contributed by atoms with Crippen LogP contribution in [0.2, 0.25) is 0 Å². The summed E-state index contributed by atoms with van der Waals surface area (Å²) in [5.41, 5.74) is 7.06. The number of nitrogens with one attached hydrogen (secondary N) is 2. The largest absolute Gasteiger partial charge is 0.355 e. The molecule has 0 aliphatic carbocycles. The van der Waals surface area contributed by atoms with E-state index in [1.54, 1.807) is 0 Å². The topological polar surface area (TPSA) is 31.6 Å². The monoisotopic (exact) mass is 308 g/mol. The van der Waals surface area contributed by atoms with Gasteiger partial charge in [-0.1, -0.05) is 60.7 Å². The summed E-state index contributed by atoms with van der Waals surface area (Å²) in [6.07, 6.45) is 0. The smallest absolute Gasteiger partial charge is 0.0466 e.